The van der Waals surface area contributed by atoms with Crippen molar-refractivity contribution in [3.05, 3.63) is 72.2 Å². The largest absolute Gasteiger partial charge is 0.359 e. The Morgan fingerprint density at radius 1 is 0.963 bits per heavy atom. The molecule has 0 saturated carbocycles. The van der Waals surface area contributed by atoms with E-state index in [4.69, 9.17) is 9.97 Å². The lowest BCUT2D eigenvalue weighted by Crippen LogP contribution is -2.07. The van der Waals surface area contributed by atoms with Crippen LogP contribution in [0.3, 0.4) is 0 Å². The van der Waals surface area contributed by atoms with Gasteiger partial charge >= 0.3 is 0 Å². The van der Waals surface area contributed by atoms with Gasteiger partial charge in [-0.05, 0) is 44.2 Å². The third kappa shape index (κ3) is 2.62. The number of nitrogens with one attached hydrogen (secondary N) is 2. The Bertz CT molecular complexity index is 1280. The SMILES string of the molecule is Cc1cc(C)n(-c2nc(Nc3cccc4cc[nH]c34)c3ccccc3n2)n1. The highest BCUT2D eigenvalue weighted by Crippen LogP contribution is 2.29. The number of nitrogens with zero attached hydrogens (tertiary/aromatic N) is 4. The van der Waals surface area contributed by atoms with Crippen LogP contribution in [-0.2, 0) is 0 Å². The van der Waals surface area contributed by atoms with Gasteiger partial charge in [0.05, 0.1) is 22.4 Å². The molecule has 3 heterocycles. The molecule has 0 bridgehead atoms. The number of aromatic amines is 1. The number of aryl methyl sites for hydroxylation is 2. The van der Waals surface area contributed by atoms with Gasteiger partial charge in [-0.3, -0.25) is 0 Å². The number of aromatic nitrogens is 5. The summed E-state index contributed by atoms with van der Waals surface area (Å²) in [5.74, 6) is 1.31. The summed E-state index contributed by atoms with van der Waals surface area (Å²) in [5, 5.41) is 10.1. The van der Waals surface area contributed by atoms with E-state index in [1.165, 1.54) is 0 Å². The number of anilines is 2. The van der Waals surface area contributed by atoms with Crippen molar-refractivity contribution in [1.29, 1.82) is 0 Å². The van der Waals surface area contributed by atoms with E-state index < -0.39 is 0 Å². The Morgan fingerprint density at radius 2 is 1.85 bits per heavy atom. The van der Waals surface area contributed by atoms with E-state index in [0.29, 0.717) is 5.95 Å². The van der Waals surface area contributed by atoms with Crippen LogP contribution in [-0.4, -0.2) is 24.7 Å². The van der Waals surface area contributed by atoms with Gasteiger partial charge in [0.25, 0.3) is 5.95 Å². The predicted octanol–water partition coefficient (Wildman–Crippen LogP) is 4.66. The summed E-state index contributed by atoms with van der Waals surface area (Å²) in [6, 6.07) is 18.2. The molecule has 0 radical (unpaired) electrons. The number of hydrogen-bond donors (Lipinski definition) is 2. The van der Waals surface area contributed by atoms with E-state index in [2.05, 4.69) is 27.5 Å². The van der Waals surface area contributed by atoms with Crippen LogP contribution >= 0.6 is 0 Å². The first-order chi connectivity index (χ1) is 13.2. The number of fused-ring (bicyclic) bond motifs is 2. The minimum Gasteiger partial charge on any atom is -0.359 e. The average Bonchev–Trinajstić information content (AvgIpc) is 3.28. The maximum absolute atomic E-state index is 4.80. The Hall–Kier alpha value is -3.67. The van der Waals surface area contributed by atoms with Crippen LogP contribution in [0.2, 0.25) is 0 Å². The highest BCUT2D eigenvalue weighted by molar-refractivity contribution is 5.97. The molecule has 0 amide bonds. The summed E-state index contributed by atoms with van der Waals surface area (Å²) in [4.78, 5) is 12.8. The summed E-state index contributed by atoms with van der Waals surface area (Å²) in [6.45, 7) is 3.97. The number of H-pyrrole nitrogens is 1. The minimum absolute atomic E-state index is 0.556. The smallest absolute Gasteiger partial charge is 0.253 e. The van der Waals surface area contributed by atoms with Crippen molar-refractivity contribution in [2.45, 2.75) is 13.8 Å². The van der Waals surface area contributed by atoms with Crippen LogP contribution in [0, 0.1) is 13.8 Å². The quantitative estimate of drug-likeness (QED) is 0.494. The van der Waals surface area contributed by atoms with Crippen LogP contribution < -0.4 is 5.32 Å². The van der Waals surface area contributed by atoms with E-state index in [1.807, 2.05) is 62.5 Å². The molecule has 5 rings (SSSR count). The van der Waals surface area contributed by atoms with Gasteiger partial charge in [0.2, 0.25) is 0 Å². The van der Waals surface area contributed by atoms with Gasteiger partial charge in [-0.2, -0.15) is 10.1 Å². The molecule has 0 aliphatic rings. The van der Waals surface area contributed by atoms with E-state index in [0.717, 1.165) is 44.7 Å². The zero-order valence-corrected chi connectivity index (χ0v) is 15.1. The summed E-state index contributed by atoms with van der Waals surface area (Å²) in [6.07, 6.45) is 1.94. The van der Waals surface area contributed by atoms with E-state index in [-0.39, 0.29) is 0 Å². The highest BCUT2D eigenvalue weighted by atomic mass is 15.4. The van der Waals surface area contributed by atoms with Crippen molar-refractivity contribution in [2.75, 3.05) is 5.32 Å². The van der Waals surface area contributed by atoms with Crippen molar-refractivity contribution in [3.63, 3.8) is 0 Å². The third-order valence-electron chi connectivity index (χ3n) is 4.63. The molecule has 0 atom stereocenters. The van der Waals surface area contributed by atoms with Crippen molar-refractivity contribution in [1.82, 2.24) is 24.7 Å². The first-order valence-corrected chi connectivity index (χ1v) is 8.82. The Kier molecular flexibility index (Phi) is 3.43. The summed E-state index contributed by atoms with van der Waals surface area (Å²) >= 11 is 0. The van der Waals surface area contributed by atoms with Crippen molar-refractivity contribution in [3.8, 4) is 5.95 Å². The average molecular weight is 354 g/mol. The zero-order chi connectivity index (χ0) is 18.4. The number of rotatable bonds is 3. The standard InChI is InChI=1S/C21H18N6/c1-13-12-14(2)27(26-13)21-24-17-8-4-3-7-16(17)20(25-21)23-18-9-5-6-15-10-11-22-19(15)18/h3-12,22H,1-2H3,(H,23,24,25). The zero-order valence-electron chi connectivity index (χ0n) is 15.1. The first-order valence-electron chi connectivity index (χ1n) is 8.82. The second kappa shape index (κ2) is 5.95. The topological polar surface area (TPSA) is 71.4 Å². The Balaban J connectivity index is 1.71. The fourth-order valence-corrected chi connectivity index (χ4v) is 3.40. The minimum atomic E-state index is 0.556. The molecule has 2 aromatic carbocycles. The van der Waals surface area contributed by atoms with Crippen LogP contribution in [0.15, 0.2) is 60.8 Å². The van der Waals surface area contributed by atoms with Gasteiger partial charge in [0.15, 0.2) is 0 Å². The maximum Gasteiger partial charge on any atom is 0.253 e. The molecule has 5 aromatic rings. The Labute approximate surface area is 155 Å². The predicted molar refractivity (Wildman–Crippen MR) is 108 cm³/mol. The fraction of sp³-hybridized carbons (Fsp3) is 0.0952. The lowest BCUT2D eigenvalue weighted by Gasteiger charge is -2.12. The molecule has 0 aliphatic heterocycles. The molecular weight excluding hydrogens is 336 g/mol. The fourth-order valence-electron chi connectivity index (χ4n) is 3.40. The highest BCUT2D eigenvalue weighted by Gasteiger charge is 2.13. The molecule has 0 saturated heterocycles. The molecule has 0 aliphatic carbocycles. The van der Waals surface area contributed by atoms with Crippen molar-refractivity contribution >= 4 is 33.3 Å². The van der Waals surface area contributed by atoms with Gasteiger partial charge in [-0.25, -0.2) is 9.67 Å². The second-order valence-electron chi connectivity index (χ2n) is 6.60. The van der Waals surface area contributed by atoms with E-state index >= 15 is 0 Å². The maximum atomic E-state index is 4.80. The van der Waals surface area contributed by atoms with Gasteiger partial charge < -0.3 is 10.3 Å². The first kappa shape index (κ1) is 15.6. The van der Waals surface area contributed by atoms with Crippen LogP contribution in [0.1, 0.15) is 11.4 Å². The summed E-state index contributed by atoms with van der Waals surface area (Å²) in [5.41, 5.74) is 4.83. The monoisotopic (exact) mass is 354 g/mol. The van der Waals surface area contributed by atoms with E-state index in [1.54, 1.807) is 4.68 Å². The van der Waals surface area contributed by atoms with Crippen molar-refractivity contribution < 1.29 is 0 Å². The number of benzene rings is 2. The molecular formula is C21H18N6. The number of para-hydroxylation sites is 2. The molecule has 6 heteroatoms. The summed E-state index contributed by atoms with van der Waals surface area (Å²) in [7, 11) is 0. The molecule has 0 fully saturated rings. The molecule has 0 spiro atoms. The molecule has 27 heavy (non-hydrogen) atoms. The lowest BCUT2D eigenvalue weighted by atomic mass is 10.2. The summed E-state index contributed by atoms with van der Waals surface area (Å²) < 4.78 is 1.78. The lowest BCUT2D eigenvalue weighted by molar-refractivity contribution is 0.781. The molecule has 3 aromatic heterocycles. The molecule has 0 unspecified atom stereocenters. The van der Waals surface area contributed by atoms with Gasteiger partial charge in [0.1, 0.15) is 5.82 Å². The third-order valence-corrected chi connectivity index (χ3v) is 4.63. The van der Waals surface area contributed by atoms with Gasteiger partial charge in [-0.1, -0.05) is 24.3 Å². The van der Waals surface area contributed by atoms with E-state index in [9.17, 15) is 0 Å². The van der Waals surface area contributed by atoms with Crippen molar-refractivity contribution in [2.24, 2.45) is 0 Å². The normalized spacial score (nSPS) is 11.3. The van der Waals surface area contributed by atoms with Gasteiger partial charge in [0, 0.05) is 22.7 Å². The molecule has 132 valence electrons. The van der Waals surface area contributed by atoms with Crippen LogP contribution in [0.25, 0.3) is 27.8 Å². The van der Waals surface area contributed by atoms with Crippen LogP contribution in [0.4, 0.5) is 11.5 Å². The number of hydrogen-bond acceptors (Lipinski definition) is 4. The second-order valence-corrected chi connectivity index (χ2v) is 6.60. The molecule has 6 nitrogen and oxygen atoms in total. The van der Waals surface area contributed by atoms with Crippen LogP contribution in [0.5, 0.6) is 0 Å². The van der Waals surface area contributed by atoms with Gasteiger partial charge in [-0.15, -0.1) is 0 Å². The Morgan fingerprint density at radius 3 is 2.70 bits per heavy atom. The molecule has 2 N–H and O–H groups in total.